The van der Waals surface area contributed by atoms with Gasteiger partial charge in [-0.1, -0.05) is 27.4 Å². The second kappa shape index (κ2) is 5.40. The lowest BCUT2D eigenvalue weighted by Crippen LogP contribution is -2.24. The smallest absolute Gasteiger partial charge is 0.242 e. The fourth-order valence-electron chi connectivity index (χ4n) is 0.849. The highest BCUT2D eigenvalue weighted by molar-refractivity contribution is 6.70. The van der Waals surface area contributed by atoms with Gasteiger partial charge in [0.15, 0.2) is 0 Å². The van der Waals surface area contributed by atoms with Crippen molar-refractivity contribution in [2.45, 2.75) is 40.4 Å². The van der Waals surface area contributed by atoms with Crippen molar-refractivity contribution in [2.24, 2.45) is 5.41 Å². The van der Waals surface area contributed by atoms with Gasteiger partial charge in [-0.2, -0.15) is 0 Å². The topological polar surface area (TPSA) is 18.5 Å². The molecule has 0 fully saturated rings. The minimum absolute atomic E-state index is 0.186. The van der Waals surface area contributed by atoms with Crippen molar-refractivity contribution in [1.82, 2.24) is 0 Å². The van der Waals surface area contributed by atoms with Crippen LogP contribution in [0.25, 0.3) is 0 Å². The molecule has 0 aromatic carbocycles. The standard InChI is InChI=1S/C12H24O2Si/c1-11(14-15(5,6)7)8-9-13-10-12(2,3)4/h8-9H,1,10H2,2-7H3. The average Bonchev–Trinajstić information content (AvgIpc) is 1.92. The summed E-state index contributed by atoms with van der Waals surface area (Å²) < 4.78 is 11.0. The number of ether oxygens (including phenoxy) is 1. The quantitative estimate of drug-likeness (QED) is 0.403. The molecule has 0 rings (SSSR count). The molecule has 0 saturated heterocycles. The van der Waals surface area contributed by atoms with Gasteiger partial charge in [0.05, 0.1) is 18.6 Å². The van der Waals surface area contributed by atoms with Crippen LogP contribution in [0.1, 0.15) is 20.8 Å². The molecule has 0 spiro atoms. The molecule has 0 aliphatic rings. The molecule has 0 N–H and O–H groups in total. The molecule has 0 saturated carbocycles. The molecule has 0 amide bonds. The summed E-state index contributed by atoms with van der Waals surface area (Å²) >= 11 is 0. The van der Waals surface area contributed by atoms with E-state index in [1.807, 2.05) is 0 Å². The molecule has 3 heteroatoms. The first-order chi connectivity index (χ1) is 6.60. The lowest BCUT2D eigenvalue weighted by atomic mass is 9.99. The van der Waals surface area contributed by atoms with E-state index in [1.165, 1.54) is 0 Å². The minimum atomic E-state index is -1.52. The van der Waals surface area contributed by atoms with E-state index in [-0.39, 0.29) is 5.41 Å². The third-order valence-electron chi connectivity index (χ3n) is 1.30. The van der Waals surface area contributed by atoms with Crippen molar-refractivity contribution in [3.63, 3.8) is 0 Å². The number of rotatable bonds is 5. The monoisotopic (exact) mass is 228 g/mol. The van der Waals surface area contributed by atoms with Gasteiger partial charge in [-0.3, -0.25) is 0 Å². The molecule has 15 heavy (non-hydrogen) atoms. The summed E-state index contributed by atoms with van der Waals surface area (Å²) in [5.41, 5.74) is 0.186. The highest BCUT2D eigenvalue weighted by atomic mass is 28.4. The number of hydrogen-bond acceptors (Lipinski definition) is 2. The van der Waals surface area contributed by atoms with Crippen molar-refractivity contribution in [2.75, 3.05) is 6.61 Å². The summed E-state index contributed by atoms with van der Waals surface area (Å²) in [6, 6.07) is 0. The van der Waals surface area contributed by atoms with E-state index in [9.17, 15) is 0 Å². The Kier molecular flexibility index (Phi) is 5.15. The molecule has 0 aromatic heterocycles. The first-order valence-corrected chi connectivity index (χ1v) is 8.67. The highest BCUT2D eigenvalue weighted by Gasteiger charge is 2.15. The summed E-state index contributed by atoms with van der Waals surface area (Å²) in [6.07, 6.45) is 3.44. The zero-order valence-electron chi connectivity index (χ0n) is 10.9. The Labute approximate surface area is 95.1 Å². The lowest BCUT2D eigenvalue weighted by Gasteiger charge is -2.19. The van der Waals surface area contributed by atoms with Crippen LogP contribution in [0, 0.1) is 5.41 Å². The molecule has 0 heterocycles. The predicted molar refractivity (Wildman–Crippen MR) is 68.1 cm³/mol. The Hall–Kier alpha value is -0.703. The van der Waals surface area contributed by atoms with Crippen molar-refractivity contribution in [1.29, 1.82) is 0 Å². The first-order valence-electron chi connectivity index (χ1n) is 5.26. The Morgan fingerprint density at radius 1 is 1.27 bits per heavy atom. The Morgan fingerprint density at radius 2 is 1.80 bits per heavy atom. The highest BCUT2D eigenvalue weighted by Crippen LogP contribution is 2.13. The molecule has 0 radical (unpaired) electrons. The molecule has 0 aromatic rings. The van der Waals surface area contributed by atoms with Gasteiger partial charge < -0.3 is 9.16 Å². The van der Waals surface area contributed by atoms with Gasteiger partial charge in [-0.15, -0.1) is 0 Å². The van der Waals surface area contributed by atoms with Gasteiger partial charge in [0.2, 0.25) is 8.32 Å². The molecule has 0 bridgehead atoms. The second-order valence-electron chi connectivity index (χ2n) is 5.86. The maximum atomic E-state index is 5.65. The van der Waals surface area contributed by atoms with Crippen LogP contribution in [-0.4, -0.2) is 14.9 Å². The molecular formula is C12H24O2Si. The van der Waals surface area contributed by atoms with E-state index in [2.05, 4.69) is 47.0 Å². The van der Waals surface area contributed by atoms with Gasteiger partial charge in [-0.05, 0) is 25.1 Å². The van der Waals surface area contributed by atoms with Gasteiger partial charge in [0, 0.05) is 6.08 Å². The van der Waals surface area contributed by atoms with Gasteiger partial charge in [0.25, 0.3) is 0 Å². The summed E-state index contributed by atoms with van der Waals surface area (Å²) in [4.78, 5) is 0. The first kappa shape index (κ1) is 14.3. The molecule has 2 nitrogen and oxygen atoms in total. The maximum absolute atomic E-state index is 5.65. The Bertz CT molecular complexity index is 231. The lowest BCUT2D eigenvalue weighted by molar-refractivity contribution is 0.151. The minimum Gasteiger partial charge on any atom is -0.545 e. The van der Waals surface area contributed by atoms with E-state index < -0.39 is 8.32 Å². The van der Waals surface area contributed by atoms with Crippen LogP contribution in [0.15, 0.2) is 24.7 Å². The molecule has 88 valence electrons. The zero-order chi connectivity index (χ0) is 12.1. The van der Waals surface area contributed by atoms with Gasteiger partial charge in [0.1, 0.15) is 0 Å². The molecule has 0 unspecified atom stereocenters. The average molecular weight is 228 g/mol. The van der Waals surface area contributed by atoms with Gasteiger partial charge >= 0.3 is 0 Å². The predicted octanol–water partition coefficient (Wildman–Crippen LogP) is 3.93. The largest absolute Gasteiger partial charge is 0.545 e. The molecule has 0 atom stereocenters. The van der Waals surface area contributed by atoms with Crippen LogP contribution in [0.5, 0.6) is 0 Å². The fraction of sp³-hybridized carbons (Fsp3) is 0.667. The van der Waals surface area contributed by atoms with Crippen LogP contribution in [0.2, 0.25) is 19.6 Å². The normalized spacial score (nSPS) is 12.9. The fourth-order valence-corrected chi connectivity index (χ4v) is 1.70. The Balaban J connectivity index is 3.84. The van der Waals surface area contributed by atoms with E-state index in [0.29, 0.717) is 12.4 Å². The van der Waals surface area contributed by atoms with E-state index in [1.54, 1.807) is 12.3 Å². The van der Waals surface area contributed by atoms with Crippen LogP contribution in [-0.2, 0) is 9.16 Å². The molecule has 0 aliphatic carbocycles. The van der Waals surface area contributed by atoms with Gasteiger partial charge in [-0.25, -0.2) is 0 Å². The van der Waals surface area contributed by atoms with Crippen LogP contribution in [0.4, 0.5) is 0 Å². The third kappa shape index (κ3) is 11.2. The third-order valence-corrected chi connectivity index (χ3v) is 2.18. The van der Waals surface area contributed by atoms with Crippen molar-refractivity contribution >= 4 is 8.32 Å². The van der Waals surface area contributed by atoms with Crippen LogP contribution >= 0.6 is 0 Å². The summed E-state index contributed by atoms with van der Waals surface area (Å²) in [7, 11) is -1.52. The Morgan fingerprint density at radius 3 is 2.20 bits per heavy atom. The number of allylic oxidation sites excluding steroid dienone is 1. The summed E-state index contributed by atoms with van der Waals surface area (Å²) in [5, 5.41) is 0. The summed E-state index contributed by atoms with van der Waals surface area (Å²) in [6.45, 7) is 17.3. The SMILES string of the molecule is C=C(C=COCC(C)(C)C)O[Si](C)(C)C. The molecular weight excluding hydrogens is 204 g/mol. The zero-order valence-corrected chi connectivity index (χ0v) is 11.9. The van der Waals surface area contributed by atoms with E-state index in [0.717, 1.165) is 0 Å². The maximum Gasteiger partial charge on any atom is 0.242 e. The van der Waals surface area contributed by atoms with Crippen molar-refractivity contribution < 1.29 is 9.16 Å². The van der Waals surface area contributed by atoms with Crippen LogP contribution in [0.3, 0.4) is 0 Å². The second-order valence-corrected chi connectivity index (χ2v) is 10.3. The van der Waals surface area contributed by atoms with E-state index >= 15 is 0 Å². The van der Waals surface area contributed by atoms with E-state index in [4.69, 9.17) is 9.16 Å². The van der Waals surface area contributed by atoms with Crippen molar-refractivity contribution in [3.05, 3.63) is 24.7 Å². The summed E-state index contributed by atoms with van der Waals surface area (Å²) in [5.74, 6) is 0.683. The number of hydrogen-bond donors (Lipinski definition) is 0. The molecule has 0 aliphatic heterocycles. The van der Waals surface area contributed by atoms with Crippen LogP contribution < -0.4 is 0 Å². The van der Waals surface area contributed by atoms with Crippen molar-refractivity contribution in [3.8, 4) is 0 Å².